The van der Waals surface area contributed by atoms with Gasteiger partial charge < -0.3 is 14.8 Å². The molecule has 0 unspecified atom stereocenters. The van der Waals surface area contributed by atoms with E-state index in [-0.39, 0.29) is 11.9 Å². The number of rotatable bonds is 7. The van der Waals surface area contributed by atoms with Crippen molar-refractivity contribution < 1.29 is 14.3 Å². The van der Waals surface area contributed by atoms with Crippen LogP contribution in [0.1, 0.15) is 43.0 Å². The van der Waals surface area contributed by atoms with Crippen LogP contribution in [0.5, 0.6) is 11.5 Å². The topological polar surface area (TPSA) is 47.6 Å². The van der Waals surface area contributed by atoms with Crippen LogP contribution < -0.4 is 14.8 Å². The monoisotopic (exact) mass is 341 g/mol. The van der Waals surface area contributed by atoms with Crippen LogP contribution in [-0.2, 0) is 4.79 Å². The minimum atomic E-state index is -0.566. The number of hydrogen-bond donors (Lipinski definition) is 1. The van der Waals surface area contributed by atoms with Crippen molar-refractivity contribution in [2.24, 2.45) is 0 Å². The van der Waals surface area contributed by atoms with Crippen molar-refractivity contribution in [2.45, 2.75) is 46.3 Å². The van der Waals surface area contributed by atoms with E-state index in [1.54, 1.807) is 7.11 Å². The average Bonchev–Trinajstić information content (AvgIpc) is 2.61. The summed E-state index contributed by atoms with van der Waals surface area (Å²) in [4.78, 5) is 12.7. The van der Waals surface area contributed by atoms with Crippen molar-refractivity contribution >= 4 is 5.91 Å². The first kappa shape index (κ1) is 18.8. The Kier molecular flexibility index (Phi) is 6.45. The number of hydrogen-bond acceptors (Lipinski definition) is 3. The van der Waals surface area contributed by atoms with Gasteiger partial charge in [-0.15, -0.1) is 0 Å². The fourth-order valence-electron chi connectivity index (χ4n) is 2.80. The molecule has 0 aliphatic rings. The molecule has 0 saturated carbocycles. The number of aryl methyl sites for hydroxylation is 2. The minimum absolute atomic E-state index is 0.0808. The standard InChI is InChI=1S/C21H27NO3/c1-6-18(25-20-10-8-7-9-19(20)24-5)21(23)22-16(4)17-13-14(2)11-12-15(17)3/h7-13,16,18H,6H2,1-5H3,(H,22,23)/t16-,18+/m1/s1. The lowest BCUT2D eigenvalue weighted by molar-refractivity contribution is -0.128. The maximum absolute atomic E-state index is 12.7. The molecule has 1 amide bonds. The predicted octanol–water partition coefficient (Wildman–Crippen LogP) is 4.35. The molecule has 0 saturated heterocycles. The van der Waals surface area contributed by atoms with E-state index in [4.69, 9.17) is 9.47 Å². The molecule has 134 valence electrons. The van der Waals surface area contributed by atoms with E-state index < -0.39 is 6.10 Å². The molecule has 4 nitrogen and oxygen atoms in total. The van der Waals surface area contributed by atoms with Gasteiger partial charge in [0, 0.05) is 0 Å². The van der Waals surface area contributed by atoms with Crippen LogP contribution in [-0.4, -0.2) is 19.1 Å². The van der Waals surface area contributed by atoms with Gasteiger partial charge in [-0.05, 0) is 50.5 Å². The van der Waals surface area contributed by atoms with Gasteiger partial charge in [0.15, 0.2) is 17.6 Å². The number of amides is 1. The summed E-state index contributed by atoms with van der Waals surface area (Å²) in [5.41, 5.74) is 3.47. The van der Waals surface area contributed by atoms with E-state index in [0.717, 1.165) is 11.1 Å². The van der Waals surface area contributed by atoms with Crippen LogP contribution in [0.3, 0.4) is 0 Å². The number of carbonyl (C=O) groups excluding carboxylic acids is 1. The summed E-state index contributed by atoms with van der Waals surface area (Å²) >= 11 is 0. The molecule has 4 heteroatoms. The van der Waals surface area contributed by atoms with E-state index in [0.29, 0.717) is 17.9 Å². The largest absolute Gasteiger partial charge is 0.493 e. The second-order valence-corrected chi connectivity index (χ2v) is 6.26. The number of ether oxygens (including phenoxy) is 2. The Morgan fingerprint density at radius 2 is 1.80 bits per heavy atom. The van der Waals surface area contributed by atoms with Crippen LogP contribution >= 0.6 is 0 Å². The third-order valence-electron chi connectivity index (χ3n) is 4.26. The van der Waals surface area contributed by atoms with E-state index in [9.17, 15) is 4.79 Å². The molecule has 25 heavy (non-hydrogen) atoms. The van der Waals surface area contributed by atoms with Crippen LogP contribution in [0.25, 0.3) is 0 Å². The highest BCUT2D eigenvalue weighted by Gasteiger charge is 2.22. The maximum atomic E-state index is 12.7. The molecule has 0 fully saturated rings. The maximum Gasteiger partial charge on any atom is 0.261 e. The highest BCUT2D eigenvalue weighted by atomic mass is 16.5. The lowest BCUT2D eigenvalue weighted by atomic mass is 10.00. The first-order valence-electron chi connectivity index (χ1n) is 8.63. The first-order chi connectivity index (χ1) is 12.0. The SMILES string of the molecule is CC[C@H](Oc1ccccc1OC)C(=O)N[C@H](C)c1cc(C)ccc1C. The molecule has 0 bridgehead atoms. The predicted molar refractivity (Wildman–Crippen MR) is 100 cm³/mol. The van der Waals surface area contributed by atoms with Gasteiger partial charge in [-0.2, -0.15) is 0 Å². The highest BCUT2D eigenvalue weighted by Crippen LogP contribution is 2.27. The van der Waals surface area contributed by atoms with Gasteiger partial charge in [-0.1, -0.05) is 42.8 Å². The lowest BCUT2D eigenvalue weighted by Crippen LogP contribution is -2.39. The van der Waals surface area contributed by atoms with E-state index >= 15 is 0 Å². The van der Waals surface area contributed by atoms with Gasteiger partial charge in [0.2, 0.25) is 0 Å². The molecular weight excluding hydrogens is 314 g/mol. The Labute approximate surface area is 150 Å². The molecule has 2 aromatic rings. The summed E-state index contributed by atoms with van der Waals surface area (Å²) in [7, 11) is 1.59. The average molecular weight is 341 g/mol. The zero-order chi connectivity index (χ0) is 18.4. The zero-order valence-electron chi connectivity index (χ0n) is 15.6. The molecule has 2 aromatic carbocycles. The van der Waals surface area contributed by atoms with Crippen molar-refractivity contribution in [3.05, 3.63) is 59.2 Å². The molecule has 0 aliphatic heterocycles. The van der Waals surface area contributed by atoms with Crippen molar-refractivity contribution in [1.82, 2.24) is 5.32 Å². The summed E-state index contributed by atoms with van der Waals surface area (Å²) in [6, 6.07) is 13.5. The zero-order valence-corrected chi connectivity index (χ0v) is 15.6. The van der Waals surface area contributed by atoms with Gasteiger partial charge in [-0.3, -0.25) is 4.79 Å². The van der Waals surface area contributed by atoms with Crippen LogP contribution in [0.15, 0.2) is 42.5 Å². The summed E-state index contributed by atoms with van der Waals surface area (Å²) in [5, 5.41) is 3.07. The Hall–Kier alpha value is -2.49. The smallest absolute Gasteiger partial charge is 0.261 e. The third-order valence-corrected chi connectivity index (χ3v) is 4.26. The fourth-order valence-corrected chi connectivity index (χ4v) is 2.80. The molecule has 0 spiro atoms. The van der Waals surface area contributed by atoms with Gasteiger partial charge in [0.05, 0.1) is 13.2 Å². The molecule has 2 atom stereocenters. The molecule has 2 rings (SSSR count). The summed E-state index contributed by atoms with van der Waals surface area (Å²) in [5.74, 6) is 1.07. The number of nitrogens with one attached hydrogen (secondary N) is 1. The summed E-state index contributed by atoms with van der Waals surface area (Å²) < 4.78 is 11.2. The first-order valence-corrected chi connectivity index (χ1v) is 8.63. The Morgan fingerprint density at radius 1 is 1.12 bits per heavy atom. The van der Waals surface area contributed by atoms with E-state index in [1.165, 1.54) is 5.56 Å². The van der Waals surface area contributed by atoms with Crippen molar-refractivity contribution in [1.29, 1.82) is 0 Å². The highest BCUT2D eigenvalue weighted by molar-refractivity contribution is 5.81. The molecule has 0 aliphatic carbocycles. The second kappa shape index (κ2) is 8.56. The Balaban J connectivity index is 2.10. The third kappa shape index (κ3) is 4.75. The molecule has 0 aromatic heterocycles. The van der Waals surface area contributed by atoms with Crippen molar-refractivity contribution in [2.75, 3.05) is 7.11 Å². The van der Waals surface area contributed by atoms with Gasteiger partial charge >= 0.3 is 0 Å². The van der Waals surface area contributed by atoms with Gasteiger partial charge in [0.25, 0.3) is 5.91 Å². The summed E-state index contributed by atoms with van der Waals surface area (Å²) in [6.45, 7) is 8.04. The Bertz CT molecular complexity index is 727. The number of carbonyl (C=O) groups is 1. The number of benzene rings is 2. The van der Waals surface area contributed by atoms with Crippen LogP contribution in [0.2, 0.25) is 0 Å². The molecule has 1 N–H and O–H groups in total. The fraction of sp³-hybridized carbons (Fsp3) is 0.381. The Morgan fingerprint density at radius 3 is 2.44 bits per heavy atom. The second-order valence-electron chi connectivity index (χ2n) is 6.26. The molecular formula is C21H27NO3. The van der Waals surface area contributed by atoms with Gasteiger partial charge in [-0.25, -0.2) is 0 Å². The van der Waals surface area contributed by atoms with Crippen LogP contribution in [0, 0.1) is 13.8 Å². The lowest BCUT2D eigenvalue weighted by Gasteiger charge is -2.22. The van der Waals surface area contributed by atoms with E-state index in [1.807, 2.05) is 38.1 Å². The van der Waals surface area contributed by atoms with Crippen LogP contribution in [0.4, 0.5) is 0 Å². The van der Waals surface area contributed by atoms with Crippen molar-refractivity contribution in [3.63, 3.8) is 0 Å². The van der Waals surface area contributed by atoms with E-state index in [2.05, 4.69) is 37.4 Å². The normalized spacial score (nSPS) is 13.0. The molecule has 0 radical (unpaired) electrons. The van der Waals surface area contributed by atoms with Crippen molar-refractivity contribution in [3.8, 4) is 11.5 Å². The molecule has 0 heterocycles. The quantitative estimate of drug-likeness (QED) is 0.814. The van der Waals surface area contributed by atoms with Gasteiger partial charge in [0.1, 0.15) is 0 Å². The minimum Gasteiger partial charge on any atom is -0.493 e. The number of methoxy groups -OCH3 is 1. The number of para-hydroxylation sites is 2. The summed E-state index contributed by atoms with van der Waals surface area (Å²) in [6.07, 6.45) is 0.00695.